The maximum Gasteiger partial charge on any atom is 0.236 e. The van der Waals surface area contributed by atoms with Crippen molar-refractivity contribution >= 4 is 15.7 Å². The van der Waals surface area contributed by atoms with Crippen molar-refractivity contribution in [3.05, 3.63) is 29.8 Å². The Morgan fingerprint density at radius 2 is 2.00 bits per heavy atom. The van der Waals surface area contributed by atoms with Crippen molar-refractivity contribution in [3.63, 3.8) is 0 Å². The molecule has 1 fully saturated rings. The van der Waals surface area contributed by atoms with Crippen LogP contribution in [0.25, 0.3) is 0 Å². The zero-order valence-corrected chi connectivity index (χ0v) is 12.3. The van der Waals surface area contributed by atoms with Gasteiger partial charge in [-0.3, -0.25) is 4.72 Å². The molecule has 0 amide bonds. The normalized spacial score (nSPS) is 17.2. The molecule has 1 aromatic carbocycles. The van der Waals surface area contributed by atoms with Crippen LogP contribution in [-0.4, -0.2) is 26.3 Å². The summed E-state index contributed by atoms with van der Waals surface area (Å²) in [5, 5.41) is 2.83. The van der Waals surface area contributed by atoms with E-state index in [0.29, 0.717) is 18.3 Å². The summed E-state index contributed by atoms with van der Waals surface area (Å²) in [6.07, 6.45) is 3.14. The molecule has 1 aliphatic carbocycles. The van der Waals surface area contributed by atoms with Gasteiger partial charge in [-0.2, -0.15) is 0 Å². The summed E-state index contributed by atoms with van der Waals surface area (Å²) in [6.45, 7) is 4.27. The third kappa shape index (κ3) is 3.94. The van der Waals surface area contributed by atoms with Gasteiger partial charge in [-0.05, 0) is 37.8 Å². The lowest BCUT2D eigenvalue weighted by Gasteiger charge is -2.17. The standard InChI is InChI=1S/C14H22N2O2S/c1-3-12-6-4-5-7-14(12)16-19(17,18)11(2)10-15-13-8-9-13/h4-7,11,13,15-16H,3,8-10H2,1-2H3. The number of sulfonamides is 1. The molecule has 4 nitrogen and oxygen atoms in total. The van der Waals surface area contributed by atoms with Crippen molar-refractivity contribution in [2.45, 2.75) is 44.4 Å². The van der Waals surface area contributed by atoms with Crippen LogP contribution in [0, 0.1) is 0 Å². The fourth-order valence-electron chi connectivity index (χ4n) is 1.91. The van der Waals surface area contributed by atoms with Crippen LogP contribution in [0.2, 0.25) is 0 Å². The molecule has 0 bridgehead atoms. The Morgan fingerprint density at radius 3 is 2.63 bits per heavy atom. The van der Waals surface area contributed by atoms with E-state index in [-0.39, 0.29) is 0 Å². The highest BCUT2D eigenvalue weighted by atomic mass is 32.2. The monoisotopic (exact) mass is 282 g/mol. The SMILES string of the molecule is CCc1ccccc1NS(=O)(=O)C(C)CNC1CC1. The molecule has 0 spiro atoms. The van der Waals surface area contributed by atoms with Crippen LogP contribution in [0.1, 0.15) is 32.3 Å². The van der Waals surface area contributed by atoms with E-state index in [9.17, 15) is 8.42 Å². The van der Waals surface area contributed by atoms with E-state index in [1.54, 1.807) is 6.92 Å². The number of hydrogen-bond acceptors (Lipinski definition) is 3. The number of hydrogen-bond donors (Lipinski definition) is 2. The largest absolute Gasteiger partial charge is 0.313 e. The lowest BCUT2D eigenvalue weighted by molar-refractivity contribution is 0.576. The average Bonchev–Trinajstić information content (AvgIpc) is 3.20. The van der Waals surface area contributed by atoms with E-state index in [2.05, 4.69) is 10.0 Å². The summed E-state index contributed by atoms with van der Waals surface area (Å²) in [7, 11) is -3.33. The molecule has 5 heteroatoms. The Kier molecular flexibility index (Phi) is 4.47. The maximum absolute atomic E-state index is 12.2. The quantitative estimate of drug-likeness (QED) is 0.805. The summed E-state index contributed by atoms with van der Waals surface area (Å²) in [5.74, 6) is 0. The molecule has 0 heterocycles. The number of rotatable bonds is 7. The van der Waals surface area contributed by atoms with Crippen LogP contribution < -0.4 is 10.0 Å². The Balaban J connectivity index is 2.02. The second-order valence-corrected chi connectivity index (χ2v) is 7.25. The number of aryl methyl sites for hydroxylation is 1. The molecule has 0 aromatic heterocycles. The average molecular weight is 282 g/mol. The fraction of sp³-hybridized carbons (Fsp3) is 0.571. The highest BCUT2D eigenvalue weighted by Crippen LogP contribution is 2.20. The van der Waals surface area contributed by atoms with Gasteiger partial charge in [0.25, 0.3) is 0 Å². The Bertz CT molecular complexity index is 524. The Hall–Kier alpha value is -1.07. The van der Waals surface area contributed by atoms with E-state index in [0.717, 1.165) is 12.0 Å². The molecule has 1 aliphatic rings. The van der Waals surface area contributed by atoms with Gasteiger partial charge in [-0.1, -0.05) is 25.1 Å². The van der Waals surface area contributed by atoms with Crippen LogP contribution >= 0.6 is 0 Å². The van der Waals surface area contributed by atoms with Crippen molar-refractivity contribution in [3.8, 4) is 0 Å². The molecule has 106 valence electrons. The van der Waals surface area contributed by atoms with Crippen LogP contribution in [0.3, 0.4) is 0 Å². The summed E-state index contributed by atoms with van der Waals surface area (Å²) in [4.78, 5) is 0. The van der Waals surface area contributed by atoms with Gasteiger partial charge in [-0.15, -0.1) is 0 Å². The molecule has 1 saturated carbocycles. The second-order valence-electron chi connectivity index (χ2n) is 5.15. The molecule has 0 radical (unpaired) electrons. The van der Waals surface area contributed by atoms with Gasteiger partial charge < -0.3 is 5.32 Å². The van der Waals surface area contributed by atoms with E-state index in [1.807, 2.05) is 31.2 Å². The van der Waals surface area contributed by atoms with Crippen molar-refractivity contribution in [1.82, 2.24) is 5.32 Å². The third-order valence-corrected chi connectivity index (χ3v) is 5.18. The van der Waals surface area contributed by atoms with Crippen molar-refractivity contribution in [2.24, 2.45) is 0 Å². The van der Waals surface area contributed by atoms with Crippen molar-refractivity contribution in [1.29, 1.82) is 0 Å². The number of para-hydroxylation sites is 1. The zero-order valence-electron chi connectivity index (χ0n) is 11.5. The third-order valence-electron chi connectivity index (χ3n) is 3.45. The number of benzene rings is 1. The van der Waals surface area contributed by atoms with E-state index in [1.165, 1.54) is 12.8 Å². The summed E-state index contributed by atoms with van der Waals surface area (Å²) >= 11 is 0. The number of nitrogens with one attached hydrogen (secondary N) is 2. The molecular weight excluding hydrogens is 260 g/mol. The van der Waals surface area contributed by atoms with Crippen molar-refractivity contribution < 1.29 is 8.42 Å². The lowest BCUT2D eigenvalue weighted by atomic mass is 10.1. The summed E-state index contributed by atoms with van der Waals surface area (Å²) in [5.41, 5.74) is 1.72. The van der Waals surface area contributed by atoms with E-state index < -0.39 is 15.3 Å². The molecule has 0 aliphatic heterocycles. The summed E-state index contributed by atoms with van der Waals surface area (Å²) < 4.78 is 27.2. The minimum Gasteiger partial charge on any atom is -0.313 e. The van der Waals surface area contributed by atoms with Gasteiger partial charge in [0.1, 0.15) is 0 Å². The first-order valence-electron chi connectivity index (χ1n) is 6.86. The van der Waals surface area contributed by atoms with Gasteiger partial charge in [0.15, 0.2) is 0 Å². The Labute approximate surface area is 115 Å². The molecule has 1 unspecified atom stereocenters. The first-order valence-corrected chi connectivity index (χ1v) is 8.40. The molecule has 1 atom stereocenters. The highest BCUT2D eigenvalue weighted by Gasteiger charge is 2.26. The molecule has 2 rings (SSSR count). The van der Waals surface area contributed by atoms with E-state index >= 15 is 0 Å². The molecule has 2 N–H and O–H groups in total. The van der Waals surface area contributed by atoms with Gasteiger partial charge in [0, 0.05) is 12.6 Å². The zero-order chi connectivity index (χ0) is 13.9. The van der Waals surface area contributed by atoms with Gasteiger partial charge in [0.05, 0.1) is 10.9 Å². The first kappa shape index (κ1) is 14.3. The number of anilines is 1. The predicted molar refractivity (Wildman–Crippen MR) is 78.8 cm³/mol. The van der Waals surface area contributed by atoms with Crippen LogP contribution in [0.15, 0.2) is 24.3 Å². The molecular formula is C14H22N2O2S. The fourth-order valence-corrected chi connectivity index (χ4v) is 2.93. The highest BCUT2D eigenvalue weighted by molar-refractivity contribution is 7.93. The van der Waals surface area contributed by atoms with Crippen LogP contribution in [0.4, 0.5) is 5.69 Å². The van der Waals surface area contributed by atoms with Gasteiger partial charge in [-0.25, -0.2) is 8.42 Å². The second kappa shape index (κ2) is 5.92. The predicted octanol–water partition coefficient (Wildman–Crippen LogP) is 2.13. The maximum atomic E-state index is 12.2. The minimum absolute atomic E-state index is 0.432. The van der Waals surface area contributed by atoms with Crippen LogP contribution in [0.5, 0.6) is 0 Å². The molecule has 1 aromatic rings. The van der Waals surface area contributed by atoms with Crippen LogP contribution in [-0.2, 0) is 16.4 Å². The molecule has 0 saturated heterocycles. The smallest absolute Gasteiger partial charge is 0.236 e. The minimum atomic E-state index is -3.33. The van der Waals surface area contributed by atoms with Gasteiger partial charge in [0.2, 0.25) is 10.0 Å². The molecule has 19 heavy (non-hydrogen) atoms. The first-order chi connectivity index (χ1) is 9.03. The Morgan fingerprint density at radius 1 is 1.32 bits per heavy atom. The van der Waals surface area contributed by atoms with E-state index in [4.69, 9.17) is 0 Å². The van der Waals surface area contributed by atoms with Crippen molar-refractivity contribution in [2.75, 3.05) is 11.3 Å². The summed E-state index contributed by atoms with van der Waals surface area (Å²) in [6, 6.07) is 8.07. The topological polar surface area (TPSA) is 58.2 Å². The lowest BCUT2D eigenvalue weighted by Crippen LogP contribution is -2.35. The van der Waals surface area contributed by atoms with Gasteiger partial charge >= 0.3 is 0 Å².